The number of anilines is 1. The molecule has 1 aromatic rings. The fourth-order valence-corrected chi connectivity index (χ4v) is 2.78. The minimum atomic E-state index is -3.68. The first-order valence-electron chi connectivity index (χ1n) is 6.22. The van der Waals surface area contributed by atoms with Gasteiger partial charge in [0.2, 0.25) is 15.9 Å². The first-order chi connectivity index (χ1) is 9.38. The monoisotopic (exact) mass is 317 g/mol. The summed E-state index contributed by atoms with van der Waals surface area (Å²) in [4.78, 5) is 11.5. The van der Waals surface area contributed by atoms with Gasteiger partial charge < -0.3 is 11.1 Å². The molecule has 1 fully saturated rings. The Morgan fingerprint density at radius 2 is 2.10 bits per heavy atom. The fourth-order valence-electron chi connectivity index (χ4n) is 1.60. The van der Waals surface area contributed by atoms with E-state index in [0.29, 0.717) is 5.02 Å². The van der Waals surface area contributed by atoms with Gasteiger partial charge in [-0.15, -0.1) is 0 Å². The zero-order valence-electron chi connectivity index (χ0n) is 10.7. The van der Waals surface area contributed by atoms with Gasteiger partial charge in [0.05, 0.1) is 15.6 Å². The van der Waals surface area contributed by atoms with Crippen LogP contribution in [0.4, 0.5) is 5.69 Å². The highest BCUT2D eigenvalue weighted by molar-refractivity contribution is 7.89. The van der Waals surface area contributed by atoms with Crippen LogP contribution in [-0.2, 0) is 14.8 Å². The smallest absolute Gasteiger partial charge is 0.240 e. The van der Waals surface area contributed by atoms with Crippen molar-refractivity contribution in [2.75, 3.05) is 12.3 Å². The number of sulfonamides is 1. The summed E-state index contributed by atoms with van der Waals surface area (Å²) >= 11 is 5.74. The molecule has 0 aliphatic heterocycles. The number of carbonyl (C=O) groups excluding carboxylic acids is 1. The fraction of sp³-hybridized carbons (Fsp3) is 0.417. The average Bonchev–Trinajstić information content (AvgIpc) is 3.16. The lowest BCUT2D eigenvalue weighted by molar-refractivity contribution is -0.121. The molecule has 0 saturated heterocycles. The second kappa shape index (κ2) is 5.99. The Bertz CT molecular complexity index is 614. The summed E-state index contributed by atoms with van der Waals surface area (Å²) in [6.07, 6.45) is 2.11. The van der Waals surface area contributed by atoms with Gasteiger partial charge in [0.15, 0.2) is 0 Å². The molecular weight excluding hydrogens is 302 g/mol. The Labute approximate surface area is 122 Å². The molecule has 0 heterocycles. The number of hydrogen-bond acceptors (Lipinski definition) is 4. The predicted molar refractivity (Wildman–Crippen MR) is 76.8 cm³/mol. The Kier molecular flexibility index (Phi) is 4.52. The van der Waals surface area contributed by atoms with Crippen molar-refractivity contribution < 1.29 is 13.2 Å². The quantitative estimate of drug-likeness (QED) is 0.677. The lowest BCUT2D eigenvalue weighted by atomic mass is 10.3. The summed E-state index contributed by atoms with van der Waals surface area (Å²) < 4.78 is 26.3. The summed E-state index contributed by atoms with van der Waals surface area (Å²) in [5.41, 5.74) is 5.76. The molecule has 2 rings (SSSR count). The molecule has 4 N–H and O–H groups in total. The first kappa shape index (κ1) is 15.1. The van der Waals surface area contributed by atoms with Crippen molar-refractivity contribution in [3.63, 3.8) is 0 Å². The molecule has 0 spiro atoms. The lowest BCUT2D eigenvalue weighted by Crippen LogP contribution is -2.31. The highest BCUT2D eigenvalue weighted by Crippen LogP contribution is 2.22. The van der Waals surface area contributed by atoms with Crippen LogP contribution in [0.3, 0.4) is 0 Å². The maximum absolute atomic E-state index is 12.0. The number of hydrogen-bond donors (Lipinski definition) is 3. The molecule has 20 heavy (non-hydrogen) atoms. The van der Waals surface area contributed by atoms with Crippen molar-refractivity contribution in [3.8, 4) is 0 Å². The number of nitrogen functional groups attached to an aromatic ring is 1. The van der Waals surface area contributed by atoms with Crippen LogP contribution in [0.15, 0.2) is 23.1 Å². The average molecular weight is 318 g/mol. The third-order valence-corrected chi connectivity index (χ3v) is 4.67. The van der Waals surface area contributed by atoms with Crippen molar-refractivity contribution in [1.82, 2.24) is 10.0 Å². The van der Waals surface area contributed by atoms with Crippen molar-refractivity contribution in [2.24, 2.45) is 0 Å². The molecule has 6 nitrogen and oxygen atoms in total. The number of rotatable bonds is 6. The third kappa shape index (κ3) is 4.09. The number of nitrogens with one attached hydrogen (secondary N) is 2. The molecule has 0 aromatic heterocycles. The summed E-state index contributed by atoms with van der Waals surface area (Å²) in [5.74, 6) is -0.147. The van der Waals surface area contributed by atoms with E-state index >= 15 is 0 Å². The molecular formula is C12H16ClN3O3S. The van der Waals surface area contributed by atoms with E-state index in [2.05, 4.69) is 10.0 Å². The van der Waals surface area contributed by atoms with Crippen LogP contribution >= 0.6 is 11.6 Å². The number of carbonyl (C=O) groups is 1. The summed E-state index contributed by atoms with van der Waals surface area (Å²) in [6, 6.07) is 4.35. The van der Waals surface area contributed by atoms with E-state index in [1.54, 1.807) is 0 Å². The minimum absolute atomic E-state index is 0.0296. The maximum Gasteiger partial charge on any atom is 0.240 e. The van der Waals surface area contributed by atoms with Gasteiger partial charge >= 0.3 is 0 Å². The number of halogens is 1. The van der Waals surface area contributed by atoms with E-state index in [0.717, 1.165) is 12.8 Å². The summed E-state index contributed by atoms with van der Waals surface area (Å²) in [6.45, 7) is 0.0451. The number of nitrogens with two attached hydrogens (primary N) is 1. The third-order valence-electron chi connectivity index (χ3n) is 2.86. The van der Waals surface area contributed by atoms with Crippen LogP contribution in [0.5, 0.6) is 0 Å². The van der Waals surface area contributed by atoms with E-state index in [1.165, 1.54) is 18.2 Å². The van der Waals surface area contributed by atoms with Gasteiger partial charge in [-0.1, -0.05) is 11.6 Å². The van der Waals surface area contributed by atoms with Gasteiger partial charge in [0.1, 0.15) is 0 Å². The lowest BCUT2D eigenvalue weighted by Gasteiger charge is -2.08. The van der Waals surface area contributed by atoms with E-state index in [-0.39, 0.29) is 35.5 Å². The Morgan fingerprint density at radius 3 is 2.70 bits per heavy atom. The van der Waals surface area contributed by atoms with Crippen molar-refractivity contribution in [2.45, 2.75) is 30.2 Å². The Hall–Kier alpha value is -1.31. The highest BCUT2D eigenvalue weighted by atomic mass is 35.5. The van der Waals surface area contributed by atoms with Gasteiger partial charge in [-0.05, 0) is 31.0 Å². The largest absolute Gasteiger partial charge is 0.397 e. The highest BCUT2D eigenvalue weighted by Gasteiger charge is 2.23. The number of amides is 1. The van der Waals surface area contributed by atoms with Gasteiger partial charge in [0, 0.05) is 19.0 Å². The molecule has 110 valence electrons. The molecule has 0 unspecified atom stereocenters. The normalized spacial score (nSPS) is 15.1. The van der Waals surface area contributed by atoms with E-state index in [9.17, 15) is 13.2 Å². The van der Waals surface area contributed by atoms with Gasteiger partial charge in [-0.25, -0.2) is 13.1 Å². The molecule has 8 heteroatoms. The first-order valence-corrected chi connectivity index (χ1v) is 8.08. The van der Waals surface area contributed by atoms with Gasteiger partial charge in [0.25, 0.3) is 0 Å². The van der Waals surface area contributed by atoms with Crippen molar-refractivity contribution in [1.29, 1.82) is 0 Å². The second-order valence-electron chi connectivity index (χ2n) is 4.67. The summed E-state index contributed by atoms with van der Waals surface area (Å²) in [5, 5.41) is 3.08. The molecule has 0 atom stereocenters. The SMILES string of the molecule is Nc1cc(S(=O)(=O)NCCC(=O)NC2CC2)ccc1Cl. The van der Waals surface area contributed by atoms with Gasteiger partial charge in [-0.2, -0.15) is 0 Å². The number of benzene rings is 1. The van der Waals surface area contributed by atoms with Crippen LogP contribution in [0.2, 0.25) is 5.02 Å². The van der Waals surface area contributed by atoms with Gasteiger partial charge in [-0.3, -0.25) is 4.79 Å². The van der Waals surface area contributed by atoms with Crippen LogP contribution in [0.1, 0.15) is 19.3 Å². The van der Waals surface area contributed by atoms with Crippen LogP contribution in [-0.4, -0.2) is 26.9 Å². The van der Waals surface area contributed by atoms with Crippen LogP contribution in [0, 0.1) is 0 Å². The summed E-state index contributed by atoms with van der Waals surface area (Å²) in [7, 11) is -3.68. The predicted octanol–water partition coefficient (Wildman–Crippen LogP) is 0.869. The molecule has 0 radical (unpaired) electrons. The molecule has 1 saturated carbocycles. The van der Waals surface area contributed by atoms with E-state index in [1.807, 2.05) is 0 Å². The molecule has 1 aliphatic rings. The molecule has 1 aliphatic carbocycles. The molecule has 1 aromatic carbocycles. The zero-order valence-corrected chi connectivity index (χ0v) is 12.3. The van der Waals surface area contributed by atoms with Crippen molar-refractivity contribution >= 4 is 33.2 Å². The van der Waals surface area contributed by atoms with Crippen molar-refractivity contribution in [3.05, 3.63) is 23.2 Å². The van der Waals surface area contributed by atoms with E-state index in [4.69, 9.17) is 17.3 Å². The standard InChI is InChI=1S/C12H16ClN3O3S/c13-10-4-3-9(7-11(10)14)20(18,19)15-6-5-12(17)16-8-1-2-8/h3-4,7-8,15H,1-2,5-6,14H2,(H,16,17). The molecule has 0 bridgehead atoms. The van der Waals surface area contributed by atoms with E-state index < -0.39 is 10.0 Å². The Balaban J connectivity index is 1.89. The maximum atomic E-state index is 12.0. The van der Waals surface area contributed by atoms with Crippen LogP contribution in [0.25, 0.3) is 0 Å². The Morgan fingerprint density at radius 1 is 1.40 bits per heavy atom. The van der Waals surface area contributed by atoms with Crippen LogP contribution < -0.4 is 15.8 Å². The minimum Gasteiger partial charge on any atom is -0.397 e. The second-order valence-corrected chi connectivity index (χ2v) is 6.85. The zero-order chi connectivity index (χ0) is 14.8. The topological polar surface area (TPSA) is 101 Å². The molecule has 1 amide bonds.